The number of aromatic nitrogens is 6. The van der Waals surface area contributed by atoms with Gasteiger partial charge in [0, 0.05) is 50.0 Å². The van der Waals surface area contributed by atoms with Crippen molar-refractivity contribution in [3.05, 3.63) is 99.3 Å². The number of fused-ring (bicyclic) bond motifs is 3. The van der Waals surface area contributed by atoms with Gasteiger partial charge in [-0.1, -0.05) is 0 Å². The third kappa shape index (κ3) is 7.55. The smallest absolute Gasteiger partial charge is 0.330 e. The van der Waals surface area contributed by atoms with Crippen molar-refractivity contribution in [3.63, 3.8) is 0 Å². The van der Waals surface area contributed by atoms with Crippen LogP contribution in [0.15, 0.2) is 65.6 Å². The van der Waals surface area contributed by atoms with Gasteiger partial charge in [-0.3, -0.25) is 43.0 Å². The summed E-state index contributed by atoms with van der Waals surface area (Å²) in [5.41, 5.74) is -4.46. The fourth-order valence-electron chi connectivity index (χ4n) is 6.90. The summed E-state index contributed by atoms with van der Waals surface area (Å²) in [5.74, 6) is 0. The third-order valence-corrected chi connectivity index (χ3v) is 9.48. The molecule has 0 aliphatic carbocycles. The van der Waals surface area contributed by atoms with Crippen LogP contribution < -0.4 is 33.7 Å². The van der Waals surface area contributed by atoms with Gasteiger partial charge in [0.05, 0.1) is 19.8 Å². The summed E-state index contributed by atoms with van der Waals surface area (Å²) in [6, 6.07) is 3.27. The van der Waals surface area contributed by atoms with Gasteiger partial charge in [-0.25, -0.2) is 14.4 Å². The lowest BCUT2D eigenvalue weighted by molar-refractivity contribution is -0.128. The lowest BCUT2D eigenvalue weighted by Crippen LogP contribution is -2.43. The number of H-pyrrole nitrogens is 3. The topological polar surface area (TPSA) is 290 Å². The van der Waals surface area contributed by atoms with E-state index in [-0.39, 0.29) is 33.0 Å². The molecular weight excluding hydrogens is 712 g/mol. The Labute approximate surface area is 296 Å². The monoisotopic (exact) mass is 750 g/mol. The minimum Gasteiger partial charge on any atom is -0.386 e. The van der Waals surface area contributed by atoms with Crippen molar-refractivity contribution in [3.8, 4) is 0 Å². The highest BCUT2D eigenvalue weighted by Crippen LogP contribution is 2.35. The fourth-order valence-corrected chi connectivity index (χ4v) is 6.90. The molecule has 0 amide bonds. The van der Waals surface area contributed by atoms with Crippen LogP contribution in [0.2, 0.25) is 0 Å². The molecule has 3 aromatic heterocycles. The molecule has 4 aliphatic heterocycles. The Kier molecular flexibility index (Phi) is 10.8. The van der Waals surface area contributed by atoms with Crippen LogP contribution in [0.25, 0.3) is 0 Å². The molecule has 22 nitrogen and oxygen atoms in total. The number of rotatable bonds is 3. The normalized spacial score (nSPS) is 35.6. The average Bonchev–Trinajstić information content (AvgIpc) is 3.71. The quantitative estimate of drug-likeness (QED) is 0.147. The van der Waals surface area contributed by atoms with Gasteiger partial charge in [0.25, 0.3) is 16.7 Å². The molecule has 53 heavy (non-hydrogen) atoms. The number of hydrogen-bond acceptors (Lipinski definition) is 16. The van der Waals surface area contributed by atoms with E-state index >= 15 is 0 Å². The third-order valence-electron chi connectivity index (χ3n) is 9.48. The molecule has 0 spiro atoms. The SMILES string of the molecule is O=c1ccn([C@@H]2O[C@@H]3COC[C@H]4O[C@@H](n5ccc(=O)[nH]c5=O)[C@H](O)[C@H]4OC[C@H]4O[C@@H](n5ccc(=O)[nH]c5=O)[C@H](O)[C@H]4OCCCCO[C@@H]3[C@H]2O)c(=O)[nH]1. The van der Waals surface area contributed by atoms with E-state index in [9.17, 15) is 44.1 Å². The van der Waals surface area contributed by atoms with Crippen LogP contribution in [-0.4, -0.2) is 132 Å². The van der Waals surface area contributed by atoms with Crippen molar-refractivity contribution < 1.29 is 48.5 Å². The van der Waals surface area contributed by atoms with E-state index in [2.05, 4.69) is 15.0 Å². The second kappa shape index (κ2) is 15.5. The number of aromatic amines is 3. The van der Waals surface area contributed by atoms with Crippen LogP contribution in [-0.2, 0) is 33.2 Å². The number of hydrogen-bond donors (Lipinski definition) is 6. The van der Waals surface area contributed by atoms with Crippen molar-refractivity contribution >= 4 is 0 Å². The Balaban J connectivity index is 1.15. The van der Waals surface area contributed by atoms with Gasteiger partial charge in [0.15, 0.2) is 18.7 Å². The highest BCUT2D eigenvalue weighted by molar-refractivity contribution is 4.98. The van der Waals surface area contributed by atoms with Crippen LogP contribution in [0.3, 0.4) is 0 Å². The first kappa shape index (κ1) is 37.0. The molecule has 7 heterocycles. The first-order valence-corrected chi connectivity index (χ1v) is 16.9. The predicted octanol–water partition coefficient (Wildman–Crippen LogP) is -4.62. The lowest BCUT2D eigenvalue weighted by Gasteiger charge is -2.25. The fraction of sp³-hybridized carbons (Fsp3) is 0.613. The number of ether oxygens (including phenoxy) is 7. The summed E-state index contributed by atoms with van der Waals surface area (Å²) < 4.78 is 45.3. The maximum absolute atomic E-state index is 12.7. The predicted molar refractivity (Wildman–Crippen MR) is 173 cm³/mol. The zero-order valence-corrected chi connectivity index (χ0v) is 27.8. The number of aliphatic hydroxyl groups is 3. The maximum Gasteiger partial charge on any atom is 0.330 e. The first-order chi connectivity index (χ1) is 25.5. The van der Waals surface area contributed by atoms with Crippen molar-refractivity contribution in [1.29, 1.82) is 0 Å². The number of nitrogens with zero attached hydrogens (tertiary/aromatic N) is 3. The van der Waals surface area contributed by atoms with Crippen LogP contribution in [0.5, 0.6) is 0 Å². The average molecular weight is 751 g/mol. The summed E-state index contributed by atoms with van der Waals surface area (Å²) in [7, 11) is 0. The molecule has 22 heteroatoms. The van der Waals surface area contributed by atoms with E-state index in [1.807, 2.05) is 0 Å². The summed E-state index contributed by atoms with van der Waals surface area (Å²) in [6.07, 6.45) is -10.1. The molecule has 4 aliphatic rings. The Hall–Kier alpha value is -4.36. The summed E-state index contributed by atoms with van der Waals surface area (Å²) >= 11 is 0. The van der Waals surface area contributed by atoms with Crippen LogP contribution >= 0.6 is 0 Å². The molecule has 4 saturated heterocycles. The van der Waals surface area contributed by atoms with Gasteiger partial charge in [-0.05, 0) is 12.8 Å². The Bertz CT molecular complexity index is 2110. The van der Waals surface area contributed by atoms with Crippen LogP contribution in [0.1, 0.15) is 31.5 Å². The summed E-state index contributed by atoms with van der Waals surface area (Å²) in [4.78, 5) is 79.2. The maximum atomic E-state index is 12.7. The van der Waals surface area contributed by atoms with Gasteiger partial charge in [0.2, 0.25) is 0 Å². The number of aliphatic hydroxyl groups excluding tert-OH is 3. The van der Waals surface area contributed by atoms with E-state index in [4.69, 9.17) is 33.2 Å². The van der Waals surface area contributed by atoms with E-state index in [1.54, 1.807) is 0 Å². The zero-order chi connectivity index (χ0) is 37.4. The highest BCUT2D eigenvalue weighted by Gasteiger charge is 2.51. The van der Waals surface area contributed by atoms with Gasteiger partial charge >= 0.3 is 17.1 Å². The standard InChI is InChI=1S/C31H38N6O16/c38-17-3-6-35(29(44)32-17)26-20(41)23-14(51-26)11-47-12-15-25(22(43)28(52-15)37-8-5-19(40)34-31(37)46)50-13-16-24(49-10-2-1-9-48-23)21(42)27(53-16)36-7-4-18(39)33-30(36)45/h3-8,14-16,20-28,41-43H,1-2,9-13H2,(H,32,38,44)(H,33,39,45)(H,34,40,46)/t14-,15-,16-,20-,21-,22-,23+,24+,25+,26-,27-,28-/m1/s1. The van der Waals surface area contributed by atoms with Crippen molar-refractivity contribution in [1.82, 2.24) is 28.7 Å². The van der Waals surface area contributed by atoms with Crippen molar-refractivity contribution in [2.45, 2.75) is 86.5 Å². The molecule has 0 radical (unpaired) electrons. The molecule has 7 rings (SSSR count). The molecule has 0 bridgehead atoms. The van der Waals surface area contributed by atoms with Gasteiger partial charge in [-0.15, -0.1) is 0 Å². The van der Waals surface area contributed by atoms with Crippen molar-refractivity contribution in [2.75, 3.05) is 33.0 Å². The van der Waals surface area contributed by atoms with Crippen LogP contribution in [0.4, 0.5) is 0 Å². The van der Waals surface area contributed by atoms with E-state index in [0.717, 1.165) is 38.1 Å². The van der Waals surface area contributed by atoms with Crippen molar-refractivity contribution in [2.24, 2.45) is 0 Å². The van der Waals surface area contributed by atoms with E-state index in [1.165, 1.54) is 12.4 Å². The lowest BCUT2D eigenvalue weighted by atomic mass is 10.1. The summed E-state index contributed by atoms with van der Waals surface area (Å²) in [6.45, 7) is -0.602. The molecular formula is C31H38N6O16. The largest absolute Gasteiger partial charge is 0.386 e. The second-order valence-electron chi connectivity index (χ2n) is 12.9. The minimum absolute atomic E-state index is 0.0822. The Morgan fingerprint density at radius 1 is 0.509 bits per heavy atom. The molecule has 4 fully saturated rings. The van der Waals surface area contributed by atoms with Gasteiger partial charge < -0.3 is 48.5 Å². The Morgan fingerprint density at radius 3 is 1.21 bits per heavy atom. The molecule has 12 atom stereocenters. The Morgan fingerprint density at radius 2 is 0.849 bits per heavy atom. The molecule has 3 aromatic rings. The van der Waals surface area contributed by atoms with E-state index in [0.29, 0.717) is 12.8 Å². The van der Waals surface area contributed by atoms with Crippen LogP contribution in [0, 0.1) is 0 Å². The zero-order valence-electron chi connectivity index (χ0n) is 27.8. The summed E-state index contributed by atoms with van der Waals surface area (Å²) in [5, 5.41) is 34.0. The molecule has 288 valence electrons. The van der Waals surface area contributed by atoms with Gasteiger partial charge in [-0.2, -0.15) is 0 Å². The number of nitrogens with one attached hydrogen (secondary N) is 3. The molecule has 0 aromatic carbocycles. The molecule has 0 unspecified atom stereocenters. The van der Waals surface area contributed by atoms with Gasteiger partial charge in [0.1, 0.15) is 54.9 Å². The second-order valence-corrected chi connectivity index (χ2v) is 12.9. The highest BCUT2D eigenvalue weighted by atomic mass is 16.6. The first-order valence-electron chi connectivity index (χ1n) is 16.9. The minimum atomic E-state index is -1.52. The molecule has 6 N–H and O–H groups in total. The molecule has 0 saturated carbocycles. The van der Waals surface area contributed by atoms with E-state index < -0.39 is 107 Å².